The minimum Gasteiger partial charge on any atom is -0.307 e. The van der Waals surface area contributed by atoms with Gasteiger partial charge in [-0.15, -0.1) is 0 Å². The molecule has 1 aromatic carbocycles. The quantitative estimate of drug-likeness (QED) is 0.778. The Morgan fingerprint density at radius 2 is 1.78 bits per heavy atom. The first-order valence-corrected chi connectivity index (χ1v) is 8.16. The van der Waals surface area contributed by atoms with Crippen LogP contribution in [-0.4, -0.2) is 6.04 Å². The van der Waals surface area contributed by atoms with Crippen LogP contribution < -0.4 is 5.32 Å². The Morgan fingerprint density at radius 3 is 2.56 bits per heavy atom. The highest BCUT2D eigenvalue weighted by Crippen LogP contribution is 2.34. The predicted molar refractivity (Wildman–Crippen MR) is 79.8 cm³/mol. The van der Waals surface area contributed by atoms with Crippen LogP contribution in [0.4, 0.5) is 0 Å². The fourth-order valence-corrected chi connectivity index (χ4v) is 3.90. The van der Waals surface area contributed by atoms with E-state index >= 15 is 0 Å². The number of benzene rings is 1. The van der Waals surface area contributed by atoms with Crippen molar-refractivity contribution in [1.29, 1.82) is 0 Å². The van der Waals surface area contributed by atoms with Gasteiger partial charge in [-0.05, 0) is 48.9 Å². The molecule has 2 aliphatic carbocycles. The molecule has 1 aromatic rings. The monoisotopic (exact) mass is 307 g/mol. The van der Waals surface area contributed by atoms with Crippen LogP contribution in [0, 0.1) is 0 Å². The van der Waals surface area contributed by atoms with E-state index < -0.39 is 0 Å². The summed E-state index contributed by atoms with van der Waals surface area (Å²) in [4.78, 5) is 0. The summed E-state index contributed by atoms with van der Waals surface area (Å²) < 4.78 is 1.22. The minimum atomic E-state index is 0.608. The molecular weight excluding hydrogens is 286 g/mol. The summed E-state index contributed by atoms with van der Waals surface area (Å²) in [6.45, 7) is 0. The van der Waals surface area contributed by atoms with Gasteiger partial charge in [0.25, 0.3) is 0 Å². The van der Waals surface area contributed by atoms with E-state index in [0.717, 1.165) is 6.04 Å². The molecule has 0 saturated heterocycles. The Balaban J connectivity index is 1.68. The summed E-state index contributed by atoms with van der Waals surface area (Å²) in [6, 6.07) is 8.15. The molecule has 2 aliphatic rings. The van der Waals surface area contributed by atoms with E-state index in [1.165, 1.54) is 61.4 Å². The van der Waals surface area contributed by atoms with Gasteiger partial charge in [-0.1, -0.05) is 47.7 Å². The Hall–Kier alpha value is -0.340. The molecule has 2 heteroatoms. The Labute approximate surface area is 118 Å². The number of hydrogen-bond donors (Lipinski definition) is 1. The van der Waals surface area contributed by atoms with E-state index in [1.54, 1.807) is 5.56 Å². The predicted octanol–water partition coefficient (Wildman–Crippen LogP) is 4.75. The van der Waals surface area contributed by atoms with Crippen LogP contribution in [0.15, 0.2) is 22.7 Å². The van der Waals surface area contributed by atoms with Gasteiger partial charge in [-0.3, -0.25) is 0 Å². The number of fused-ring (bicyclic) bond motifs is 1. The standard InChI is InChI=1S/C16H22BrN/c17-13-8-9-15-12(11-13)7-10-16(15)18-14-5-3-1-2-4-6-14/h8-9,11,14,16,18H,1-7,10H2. The molecule has 0 aliphatic heterocycles. The van der Waals surface area contributed by atoms with Crippen LogP contribution in [0.25, 0.3) is 0 Å². The van der Waals surface area contributed by atoms with Gasteiger partial charge in [0.2, 0.25) is 0 Å². The van der Waals surface area contributed by atoms with E-state index in [0.29, 0.717) is 6.04 Å². The zero-order valence-corrected chi connectivity index (χ0v) is 12.5. The van der Waals surface area contributed by atoms with Crippen molar-refractivity contribution in [1.82, 2.24) is 5.32 Å². The Bertz CT molecular complexity index is 408. The van der Waals surface area contributed by atoms with Crippen LogP contribution in [0.2, 0.25) is 0 Å². The van der Waals surface area contributed by atoms with Gasteiger partial charge in [-0.25, -0.2) is 0 Å². The molecule has 0 aromatic heterocycles. The molecule has 0 amide bonds. The zero-order chi connectivity index (χ0) is 12.4. The minimum absolute atomic E-state index is 0.608. The Morgan fingerprint density at radius 1 is 1.00 bits per heavy atom. The van der Waals surface area contributed by atoms with Crippen molar-refractivity contribution in [2.75, 3.05) is 0 Å². The van der Waals surface area contributed by atoms with Gasteiger partial charge in [0.1, 0.15) is 0 Å². The third-order valence-corrected chi connectivity index (χ3v) is 4.97. The van der Waals surface area contributed by atoms with Gasteiger partial charge in [0, 0.05) is 16.6 Å². The van der Waals surface area contributed by atoms with Crippen LogP contribution >= 0.6 is 15.9 Å². The molecule has 3 rings (SSSR count). The molecule has 1 atom stereocenters. The highest BCUT2D eigenvalue weighted by Gasteiger charge is 2.25. The second kappa shape index (κ2) is 5.75. The van der Waals surface area contributed by atoms with Crippen molar-refractivity contribution in [2.45, 2.75) is 63.5 Å². The molecule has 1 unspecified atom stereocenters. The van der Waals surface area contributed by atoms with Gasteiger partial charge in [0.15, 0.2) is 0 Å². The van der Waals surface area contributed by atoms with Crippen LogP contribution in [-0.2, 0) is 6.42 Å². The van der Waals surface area contributed by atoms with Gasteiger partial charge in [0.05, 0.1) is 0 Å². The van der Waals surface area contributed by atoms with Gasteiger partial charge >= 0.3 is 0 Å². The lowest BCUT2D eigenvalue weighted by molar-refractivity contribution is 0.397. The maximum atomic E-state index is 3.92. The van der Waals surface area contributed by atoms with Crippen LogP contribution in [0.5, 0.6) is 0 Å². The maximum absolute atomic E-state index is 3.92. The first-order chi connectivity index (χ1) is 8.83. The summed E-state index contributed by atoms with van der Waals surface area (Å²) in [5, 5.41) is 3.92. The highest BCUT2D eigenvalue weighted by atomic mass is 79.9. The number of aryl methyl sites for hydroxylation is 1. The number of hydrogen-bond acceptors (Lipinski definition) is 1. The first-order valence-electron chi connectivity index (χ1n) is 7.37. The smallest absolute Gasteiger partial charge is 0.0328 e. The molecule has 1 fully saturated rings. The third-order valence-electron chi connectivity index (χ3n) is 4.47. The van der Waals surface area contributed by atoms with E-state index in [4.69, 9.17) is 0 Å². The van der Waals surface area contributed by atoms with Gasteiger partial charge < -0.3 is 5.32 Å². The molecule has 0 heterocycles. The van der Waals surface area contributed by atoms with Crippen LogP contribution in [0.3, 0.4) is 0 Å². The average molecular weight is 308 g/mol. The summed E-state index contributed by atoms with van der Waals surface area (Å²) in [5.41, 5.74) is 3.08. The zero-order valence-electron chi connectivity index (χ0n) is 10.9. The lowest BCUT2D eigenvalue weighted by Gasteiger charge is -2.22. The SMILES string of the molecule is Brc1ccc2c(c1)CCC2NC1CCCCCC1. The van der Waals surface area contributed by atoms with Crippen molar-refractivity contribution in [3.05, 3.63) is 33.8 Å². The first kappa shape index (κ1) is 12.7. The topological polar surface area (TPSA) is 12.0 Å². The number of halogens is 1. The van der Waals surface area contributed by atoms with Crippen LogP contribution in [0.1, 0.15) is 62.1 Å². The molecule has 0 spiro atoms. The van der Waals surface area contributed by atoms with Crippen molar-refractivity contribution >= 4 is 15.9 Å². The van der Waals surface area contributed by atoms with Crippen molar-refractivity contribution in [3.63, 3.8) is 0 Å². The molecule has 0 radical (unpaired) electrons. The largest absolute Gasteiger partial charge is 0.307 e. The normalized spacial score (nSPS) is 24.8. The molecule has 98 valence electrons. The summed E-state index contributed by atoms with van der Waals surface area (Å²) in [5.74, 6) is 0. The van der Waals surface area contributed by atoms with E-state index in [9.17, 15) is 0 Å². The molecule has 1 nitrogen and oxygen atoms in total. The lowest BCUT2D eigenvalue weighted by atomic mass is 10.0. The second-order valence-electron chi connectivity index (χ2n) is 5.79. The number of rotatable bonds is 2. The maximum Gasteiger partial charge on any atom is 0.0328 e. The van der Waals surface area contributed by atoms with E-state index in [-0.39, 0.29) is 0 Å². The highest BCUT2D eigenvalue weighted by molar-refractivity contribution is 9.10. The van der Waals surface area contributed by atoms with Crippen molar-refractivity contribution in [2.24, 2.45) is 0 Å². The van der Waals surface area contributed by atoms with E-state index in [1.807, 2.05) is 0 Å². The fourth-order valence-electron chi connectivity index (χ4n) is 3.49. The molecule has 1 N–H and O–H groups in total. The number of nitrogens with one attached hydrogen (secondary N) is 1. The summed E-state index contributed by atoms with van der Waals surface area (Å²) >= 11 is 3.57. The van der Waals surface area contributed by atoms with Gasteiger partial charge in [-0.2, -0.15) is 0 Å². The van der Waals surface area contributed by atoms with Crippen molar-refractivity contribution in [3.8, 4) is 0 Å². The average Bonchev–Trinajstić information content (AvgIpc) is 2.59. The summed E-state index contributed by atoms with van der Waals surface area (Å²) in [6.07, 6.45) is 11.0. The fraction of sp³-hybridized carbons (Fsp3) is 0.625. The Kier molecular flexibility index (Phi) is 4.05. The summed E-state index contributed by atoms with van der Waals surface area (Å²) in [7, 11) is 0. The molecule has 18 heavy (non-hydrogen) atoms. The lowest BCUT2D eigenvalue weighted by Crippen LogP contribution is -2.31. The molecular formula is C16H22BrN. The van der Waals surface area contributed by atoms with Crippen molar-refractivity contribution < 1.29 is 0 Å². The van der Waals surface area contributed by atoms with E-state index in [2.05, 4.69) is 39.4 Å². The molecule has 1 saturated carbocycles. The second-order valence-corrected chi connectivity index (χ2v) is 6.71. The molecule has 0 bridgehead atoms. The third kappa shape index (κ3) is 2.80.